The summed E-state index contributed by atoms with van der Waals surface area (Å²) < 4.78 is 9.37. The van der Waals surface area contributed by atoms with Crippen LogP contribution in [0.1, 0.15) is 52.8 Å². The highest BCUT2D eigenvalue weighted by Crippen LogP contribution is 2.23. The van der Waals surface area contributed by atoms with E-state index in [-0.39, 0.29) is 41.2 Å². The summed E-state index contributed by atoms with van der Waals surface area (Å²) in [4.78, 5) is 48.6. The molecule has 29 heavy (non-hydrogen) atoms. The lowest BCUT2D eigenvalue weighted by Gasteiger charge is -2.40. The molecule has 156 valence electrons. The van der Waals surface area contributed by atoms with Crippen LogP contribution in [0.2, 0.25) is 0 Å². The predicted molar refractivity (Wildman–Crippen MR) is 103 cm³/mol. The van der Waals surface area contributed by atoms with Gasteiger partial charge < -0.3 is 25.4 Å². The molecule has 3 atom stereocenters. The van der Waals surface area contributed by atoms with Crippen molar-refractivity contribution < 1.29 is 28.7 Å². The lowest BCUT2D eigenvalue weighted by Crippen LogP contribution is -2.65. The van der Waals surface area contributed by atoms with Crippen LogP contribution in [0.15, 0.2) is 18.2 Å². The Hall–Kier alpha value is -2.94. The fraction of sp³-hybridized carbons (Fsp3) is 0.500. The molecule has 1 saturated heterocycles. The van der Waals surface area contributed by atoms with Crippen molar-refractivity contribution in [1.82, 2.24) is 10.6 Å². The summed E-state index contributed by atoms with van der Waals surface area (Å²) in [6.07, 6.45) is 4.03. The van der Waals surface area contributed by atoms with Gasteiger partial charge in [0.1, 0.15) is 0 Å². The van der Waals surface area contributed by atoms with Crippen molar-refractivity contribution >= 4 is 29.4 Å². The van der Waals surface area contributed by atoms with E-state index >= 15 is 0 Å². The number of ether oxygens (including phenoxy) is 2. The van der Waals surface area contributed by atoms with Crippen molar-refractivity contribution in [2.24, 2.45) is 0 Å². The summed E-state index contributed by atoms with van der Waals surface area (Å²) in [6.45, 7) is 0. The van der Waals surface area contributed by atoms with Crippen LogP contribution in [0.5, 0.6) is 0 Å². The van der Waals surface area contributed by atoms with E-state index in [1.807, 2.05) is 0 Å². The third kappa shape index (κ3) is 4.92. The molecule has 3 rings (SSSR count). The quantitative estimate of drug-likeness (QED) is 0.627. The Labute approximate surface area is 168 Å². The molecule has 9 heteroatoms. The fourth-order valence-electron chi connectivity index (χ4n) is 3.84. The third-order valence-corrected chi connectivity index (χ3v) is 5.27. The van der Waals surface area contributed by atoms with Crippen LogP contribution in [0, 0.1) is 0 Å². The first-order valence-corrected chi connectivity index (χ1v) is 9.59. The van der Waals surface area contributed by atoms with Gasteiger partial charge in [-0.2, -0.15) is 0 Å². The second-order valence-electron chi connectivity index (χ2n) is 7.26. The molecule has 2 aliphatic rings. The SMILES string of the molecule is COC(=O)c1cc(NC(=O)C[C@@H]2N[C@@H]3CCCC[C@@H]3NC2=O)cc(C(=O)OC)c1. The molecule has 0 radical (unpaired) electrons. The maximum absolute atomic E-state index is 12.5. The Morgan fingerprint density at radius 2 is 1.59 bits per heavy atom. The minimum absolute atomic E-state index is 0.0644. The summed E-state index contributed by atoms with van der Waals surface area (Å²) in [5.74, 6) is -1.91. The Morgan fingerprint density at radius 1 is 1.00 bits per heavy atom. The Kier molecular flexibility index (Phi) is 6.48. The number of amides is 2. The van der Waals surface area contributed by atoms with Gasteiger partial charge in [0.2, 0.25) is 11.8 Å². The molecule has 3 N–H and O–H groups in total. The highest BCUT2D eigenvalue weighted by molar-refractivity contribution is 6.00. The number of methoxy groups -OCH3 is 2. The van der Waals surface area contributed by atoms with Crippen molar-refractivity contribution in [3.63, 3.8) is 0 Å². The molecule has 2 amide bonds. The highest BCUT2D eigenvalue weighted by atomic mass is 16.5. The number of carbonyl (C=O) groups excluding carboxylic acids is 4. The first kappa shape index (κ1) is 20.8. The van der Waals surface area contributed by atoms with Gasteiger partial charge in [-0.3, -0.25) is 9.59 Å². The zero-order valence-electron chi connectivity index (χ0n) is 16.4. The standard InChI is InChI=1S/C20H25N3O6/c1-28-19(26)11-7-12(20(27)29-2)9-13(8-11)21-17(24)10-16-18(25)23-15-6-4-3-5-14(15)22-16/h7-9,14-16,22H,3-6,10H2,1-2H3,(H,21,24)(H,23,25)/t14-,15+,16+/m1/s1. The molecule has 0 aromatic heterocycles. The van der Waals surface area contributed by atoms with Crippen LogP contribution in [0.3, 0.4) is 0 Å². The van der Waals surface area contributed by atoms with Crippen LogP contribution in [0.25, 0.3) is 0 Å². The molecule has 0 unspecified atom stereocenters. The monoisotopic (exact) mass is 403 g/mol. The molecular formula is C20H25N3O6. The molecule has 0 bridgehead atoms. The third-order valence-electron chi connectivity index (χ3n) is 5.27. The first-order valence-electron chi connectivity index (χ1n) is 9.59. The Balaban J connectivity index is 1.70. The van der Waals surface area contributed by atoms with Crippen molar-refractivity contribution in [3.8, 4) is 0 Å². The number of piperazine rings is 1. The summed E-state index contributed by atoms with van der Waals surface area (Å²) >= 11 is 0. The molecule has 1 aliphatic carbocycles. The molecule has 9 nitrogen and oxygen atoms in total. The number of hydrogen-bond donors (Lipinski definition) is 3. The summed E-state index contributed by atoms with van der Waals surface area (Å²) in [6, 6.07) is 3.80. The number of benzene rings is 1. The maximum Gasteiger partial charge on any atom is 0.337 e. The van der Waals surface area contributed by atoms with Crippen LogP contribution >= 0.6 is 0 Å². The zero-order valence-corrected chi connectivity index (χ0v) is 16.4. The van der Waals surface area contributed by atoms with Crippen LogP contribution in [-0.2, 0) is 19.1 Å². The van der Waals surface area contributed by atoms with Crippen LogP contribution in [0.4, 0.5) is 5.69 Å². The second-order valence-corrected chi connectivity index (χ2v) is 7.26. The maximum atomic E-state index is 12.5. The van der Waals surface area contributed by atoms with E-state index in [1.165, 1.54) is 32.4 Å². The number of nitrogens with one attached hydrogen (secondary N) is 3. The van der Waals surface area contributed by atoms with E-state index in [9.17, 15) is 19.2 Å². The van der Waals surface area contributed by atoms with E-state index in [4.69, 9.17) is 0 Å². The summed E-state index contributed by atoms with van der Waals surface area (Å²) in [5, 5.41) is 8.92. The smallest absolute Gasteiger partial charge is 0.337 e. The first-order chi connectivity index (χ1) is 13.9. The summed E-state index contributed by atoms with van der Waals surface area (Å²) in [7, 11) is 2.44. The van der Waals surface area contributed by atoms with Gasteiger partial charge in [-0.15, -0.1) is 0 Å². The van der Waals surface area contributed by atoms with E-state index < -0.39 is 23.9 Å². The number of carbonyl (C=O) groups is 4. The largest absolute Gasteiger partial charge is 0.465 e. The molecule has 1 aromatic rings. The van der Waals surface area contributed by atoms with Crippen molar-refractivity contribution in [2.45, 2.75) is 50.2 Å². The molecule has 2 fully saturated rings. The number of esters is 2. The second kappa shape index (κ2) is 9.04. The molecular weight excluding hydrogens is 378 g/mol. The number of rotatable bonds is 5. The van der Waals surface area contributed by atoms with Gasteiger partial charge in [0.05, 0.1) is 37.8 Å². The molecule has 1 saturated carbocycles. The molecule has 1 heterocycles. The lowest BCUT2D eigenvalue weighted by molar-refractivity contribution is -0.129. The van der Waals surface area contributed by atoms with E-state index in [2.05, 4.69) is 25.4 Å². The van der Waals surface area contributed by atoms with Gasteiger partial charge in [-0.25, -0.2) is 9.59 Å². The molecule has 1 aromatic carbocycles. The predicted octanol–water partition coefficient (Wildman–Crippen LogP) is 0.988. The van der Waals surface area contributed by atoms with E-state index in [0.29, 0.717) is 0 Å². The molecule has 1 aliphatic heterocycles. The van der Waals surface area contributed by atoms with E-state index in [0.717, 1.165) is 25.7 Å². The zero-order chi connectivity index (χ0) is 21.0. The van der Waals surface area contributed by atoms with Crippen molar-refractivity contribution in [2.75, 3.05) is 19.5 Å². The van der Waals surface area contributed by atoms with Gasteiger partial charge in [0.15, 0.2) is 0 Å². The Morgan fingerprint density at radius 3 is 2.17 bits per heavy atom. The van der Waals surface area contributed by atoms with Gasteiger partial charge in [0.25, 0.3) is 0 Å². The molecule has 0 spiro atoms. The minimum atomic E-state index is -0.650. The highest BCUT2D eigenvalue weighted by Gasteiger charge is 2.37. The van der Waals surface area contributed by atoms with Crippen LogP contribution < -0.4 is 16.0 Å². The number of fused-ring (bicyclic) bond motifs is 1. The lowest BCUT2D eigenvalue weighted by atomic mass is 9.87. The van der Waals surface area contributed by atoms with Crippen LogP contribution in [-0.4, -0.2) is 56.1 Å². The fourth-order valence-corrected chi connectivity index (χ4v) is 3.84. The van der Waals surface area contributed by atoms with Gasteiger partial charge >= 0.3 is 11.9 Å². The Bertz CT molecular complexity index is 790. The van der Waals surface area contributed by atoms with Crippen molar-refractivity contribution in [1.29, 1.82) is 0 Å². The average molecular weight is 403 g/mol. The van der Waals surface area contributed by atoms with E-state index in [1.54, 1.807) is 0 Å². The number of hydrogen-bond acceptors (Lipinski definition) is 7. The van der Waals surface area contributed by atoms with Gasteiger partial charge in [-0.05, 0) is 31.0 Å². The normalized spacial score (nSPS) is 23.4. The topological polar surface area (TPSA) is 123 Å². The van der Waals surface area contributed by atoms with Gasteiger partial charge in [0, 0.05) is 17.8 Å². The minimum Gasteiger partial charge on any atom is -0.465 e. The van der Waals surface area contributed by atoms with Gasteiger partial charge in [-0.1, -0.05) is 12.8 Å². The van der Waals surface area contributed by atoms with Crippen molar-refractivity contribution in [3.05, 3.63) is 29.3 Å². The average Bonchev–Trinajstić information content (AvgIpc) is 2.72. The summed E-state index contributed by atoms with van der Waals surface area (Å²) in [5.41, 5.74) is 0.443. The number of anilines is 1.